The van der Waals surface area contributed by atoms with Gasteiger partial charge in [0.05, 0.1) is 6.20 Å². The SMILES string of the molecule is Oc1ccccc1CN1CCCC(c2[nH]ncc2-c2cccc(F)c2)C1. The number of piperidine rings is 1. The molecule has 1 aliphatic rings. The van der Waals surface area contributed by atoms with E-state index in [1.165, 1.54) is 6.07 Å². The number of benzene rings is 2. The van der Waals surface area contributed by atoms with Gasteiger partial charge >= 0.3 is 0 Å². The van der Waals surface area contributed by atoms with Crippen LogP contribution in [0.15, 0.2) is 54.7 Å². The number of rotatable bonds is 4. The number of aromatic hydroxyl groups is 1. The van der Waals surface area contributed by atoms with Crippen molar-refractivity contribution in [1.29, 1.82) is 0 Å². The molecule has 1 unspecified atom stereocenters. The van der Waals surface area contributed by atoms with Crippen molar-refractivity contribution in [2.75, 3.05) is 13.1 Å². The number of phenols is 1. The average Bonchev–Trinajstić information content (AvgIpc) is 3.14. The molecule has 0 aliphatic carbocycles. The first kappa shape index (κ1) is 16.8. The summed E-state index contributed by atoms with van der Waals surface area (Å²) >= 11 is 0. The molecule has 2 heterocycles. The Morgan fingerprint density at radius 1 is 1.19 bits per heavy atom. The highest BCUT2D eigenvalue weighted by Gasteiger charge is 2.25. The van der Waals surface area contributed by atoms with E-state index in [1.807, 2.05) is 24.3 Å². The predicted molar refractivity (Wildman–Crippen MR) is 99.3 cm³/mol. The number of hydrogen-bond acceptors (Lipinski definition) is 3. The molecule has 2 aromatic carbocycles. The third-order valence-corrected chi connectivity index (χ3v) is 5.10. The van der Waals surface area contributed by atoms with Crippen molar-refractivity contribution in [3.8, 4) is 16.9 Å². The Labute approximate surface area is 152 Å². The predicted octanol–water partition coefficient (Wildman–Crippen LogP) is 4.30. The third kappa shape index (κ3) is 3.48. The molecule has 1 aliphatic heterocycles. The quantitative estimate of drug-likeness (QED) is 0.737. The first-order valence-electron chi connectivity index (χ1n) is 8.99. The normalized spacial score (nSPS) is 18.1. The Morgan fingerprint density at radius 3 is 2.92 bits per heavy atom. The lowest BCUT2D eigenvalue weighted by Gasteiger charge is -2.32. The molecule has 134 valence electrons. The molecule has 1 saturated heterocycles. The first-order valence-corrected chi connectivity index (χ1v) is 8.99. The largest absolute Gasteiger partial charge is 0.508 e. The van der Waals surface area contributed by atoms with Crippen molar-refractivity contribution >= 4 is 0 Å². The van der Waals surface area contributed by atoms with Crippen molar-refractivity contribution in [3.05, 3.63) is 71.8 Å². The van der Waals surface area contributed by atoms with Gasteiger partial charge in [-0.05, 0) is 43.1 Å². The molecule has 26 heavy (non-hydrogen) atoms. The van der Waals surface area contributed by atoms with Gasteiger partial charge in [-0.1, -0.05) is 30.3 Å². The number of phenolic OH excluding ortho intramolecular Hbond substituents is 1. The maximum absolute atomic E-state index is 13.6. The van der Waals surface area contributed by atoms with Crippen LogP contribution in [0.4, 0.5) is 4.39 Å². The van der Waals surface area contributed by atoms with Gasteiger partial charge in [-0.3, -0.25) is 10.00 Å². The van der Waals surface area contributed by atoms with Crippen LogP contribution in [0.25, 0.3) is 11.1 Å². The van der Waals surface area contributed by atoms with Crippen molar-refractivity contribution in [3.63, 3.8) is 0 Å². The molecule has 0 radical (unpaired) electrons. The van der Waals surface area contributed by atoms with Crippen molar-refractivity contribution in [2.45, 2.75) is 25.3 Å². The second-order valence-electron chi connectivity index (χ2n) is 6.91. The molecule has 0 saturated carbocycles. The van der Waals surface area contributed by atoms with Gasteiger partial charge in [-0.15, -0.1) is 0 Å². The molecule has 4 rings (SSSR count). The van der Waals surface area contributed by atoms with Gasteiger partial charge in [0.15, 0.2) is 0 Å². The smallest absolute Gasteiger partial charge is 0.123 e. The summed E-state index contributed by atoms with van der Waals surface area (Å²) in [5, 5.41) is 17.4. The average molecular weight is 351 g/mol. The minimum absolute atomic E-state index is 0.237. The van der Waals surface area contributed by atoms with Crippen LogP contribution < -0.4 is 0 Å². The topological polar surface area (TPSA) is 52.1 Å². The van der Waals surface area contributed by atoms with E-state index < -0.39 is 0 Å². The highest BCUT2D eigenvalue weighted by Crippen LogP contribution is 2.34. The molecule has 3 aromatic rings. The standard InChI is InChI=1S/C21H22FN3O/c22-18-8-3-6-15(11-18)19-12-23-24-21(19)17-7-4-10-25(14-17)13-16-5-1-2-9-20(16)26/h1-3,5-6,8-9,11-12,17,26H,4,7,10,13-14H2,(H,23,24). The van der Waals surface area contributed by atoms with Crippen molar-refractivity contribution < 1.29 is 9.50 Å². The fourth-order valence-electron chi connectivity index (χ4n) is 3.81. The molecule has 0 amide bonds. The Kier molecular flexibility index (Phi) is 4.71. The first-order chi connectivity index (χ1) is 12.7. The molecule has 5 heteroatoms. The van der Waals surface area contributed by atoms with E-state index in [-0.39, 0.29) is 5.82 Å². The summed E-state index contributed by atoms with van der Waals surface area (Å²) in [4.78, 5) is 2.36. The van der Waals surface area contributed by atoms with Gasteiger partial charge in [0.2, 0.25) is 0 Å². The van der Waals surface area contributed by atoms with E-state index in [4.69, 9.17) is 0 Å². The third-order valence-electron chi connectivity index (χ3n) is 5.10. The maximum atomic E-state index is 13.6. The van der Waals surface area contributed by atoms with E-state index in [0.717, 1.165) is 54.9 Å². The summed E-state index contributed by atoms with van der Waals surface area (Å²) in [6.07, 6.45) is 3.94. The number of hydrogen-bond donors (Lipinski definition) is 2. The van der Waals surface area contributed by atoms with E-state index in [0.29, 0.717) is 11.7 Å². The van der Waals surface area contributed by atoms with Gasteiger partial charge in [-0.2, -0.15) is 5.10 Å². The number of H-pyrrole nitrogens is 1. The number of nitrogens with one attached hydrogen (secondary N) is 1. The van der Waals surface area contributed by atoms with Gasteiger partial charge in [-0.25, -0.2) is 4.39 Å². The van der Waals surface area contributed by atoms with Gasteiger partial charge in [0, 0.05) is 35.8 Å². The van der Waals surface area contributed by atoms with Crippen LogP contribution in [-0.4, -0.2) is 33.3 Å². The van der Waals surface area contributed by atoms with Gasteiger partial charge in [0.25, 0.3) is 0 Å². The summed E-state index contributed by atoms with van der Waals surface area (Å²) < 4.78 is 13.6. The molecule has 1 fully saturated rings. The summed E-state index contributed by atoms with van der Waals surface area (Å²) in [7, 11) is 0. The van der Waals surface area contributed by atoms with Crippen LogP contribution in [0.1, 0.15) is 30.0 Å². The number of nitrogens with zero attached hydrogens (tertiary/aromatic N) is 2. The zero-order valence-electron chi connectivity index (χ0n) is 14.5. The lowest BCUT2D eigenvalue weighted by atomic mass is 9.90. The zero-order chi connectivity index (χ0) is 17.9. The molecule has 0 spiro atoms. The Bertz CT molecular complexity index is 892. The number of halogens is 1. The Hall–Kier alpha value is -2.66. The minimum Gasteiger partial charge on any atom is -0.508 e. The molecule has 4 nitrogen and oxygen atoms in total. The second kappa shape index (κ2) is 7.30. The molecule has 1 aromatic heterocycles. The molecule has 1 atom stereocenters. The van der Waals surface area contributed by atoms with Crippen LogP contribution in [0.3, 0.4) is 0 Å². The summed E-state index contributed by atoms with van der Waals surface area (Å²) in [6, 6.07) is 14.1. The van der Waals surface area contributed by atoms with E-state index >= 15 is 0 Å². The van der Waals surface area contributed by atoms with Crippen LogP contribution in [0.5, 0.6) is 5.75 Å². The van der Waals surface area contributed by atoms with Gasteiger partial charge in [0.1, 0.15) is 11.6 Å². The maximum Gasteiger partial charge on any atom is 0.123 e. The van der Waals surface area contributed by atoms with Crippen LogP contribution in [-0.2, 0) is 6.54 Å². The number of para-hydroxylation sites is 1. The number of aromatic nitrogens is 2. The lowest BCUT2D eigenvalue weighted by Crippen LogP contribution is -2.34. The van der Waals surface area contributed by atoms with E-state index in [9.17, 15) is 9.50 Å². The lowest BCUT2D eigenvalue weighted by molar-refractivity contribution is 0.197. The molecular formula is C21H22FN3O. The monoisotopic (exact) mass is 351 g/mol. The number of aromatic amines is 1. The van der Waals surface area contributed by atoms with Crippen LogP contribution in [0.2, 0.25) is 0 Å². The fraction of sp³-hybridized carbons (Fsp3) is 0.286. The second-order valence-corrected chi connectivity index (χ2v) is 6.91. The summed E-state index contributed by atoms with van der Waals surface area (Å²) in [5.41, 5.74) is 3.84. The fourth-order valence-corrected chi connectivity index (χ4v) is 3.81. The summed E-state index contributed by atoms with van der Waals surface area (Å²) in [5.74, 6) is 0.423. The highest BCUT2D eigenvalue weighted by atomic mass is 19.1. The summed E-state index contributed by atoms with van der Waals surface area (Å²) in [6.45, 7) is 2.62. The Balaban J connectivity index is 1.54. The van der Waals surface area contributed by atoms with Crippen molar-refractivity contribution in [1.82, 2.24) is 15.1 Å². The molecule has 0 bridgehead atoms. The highest BCUT2D eigenvalue weighted by molar-refractivity contribution is 5.65. The Morgan fingerprint density at radius 2 is 2.08 bits per heavy atom. The minimum atomic E-state index is -0.237. The zero-order valence-corrected chi connectivity index (χ0v) is 14.5. The molecular weight excluding hydrogens is 329 g/mol. The van der Waals surface area contributed by atoms with Crippen LogP contribution in [0, 0.1) is 5.82 Å². The van der Waals surface area contributed by atoms with Crippen molar-refractivity contribution in [2.24, 2.45) is 0 Å². The number of likely N-dealkylation sites (tertiary alicyclic amines) is 1. The van der Waals surface area contributed by atoms with E-state index in [2.05, 4.69) is 15.1 Å². The van der Waals surface area contributed by atoms with E-state index in [1.54, 1.807) is 24.4 Å². The van der Waals surface area contributed by atoms with Crippen LogP contribution >= 0.6 is 0 Å². The van der Waals surface area contributed by atoms with Gasteiger partial charge < -0.3 is 5.11 Å². The molecule has 2 N–H and O–H groups in total.